The molecule has 22 heavy (non-hydrogen) atoms. The van der Waals surface area contributed by atoms with Crippen molar-refractivity contribution in [2.24, 2.45) is 0 Å². The van der Waals surface area contributed by atoms with Crippen molar-refractivity contribution in [3.05, 3.63) is 41.2 Å². The highest BCUT2D eigenvalue weighted by Crippen LogP contribution is 2.36. The van der Waals surface area contributed by atoms with Crippen LogP contribution in [0.3, 0.4) is 0 Å². The van der Waals surface area contributed by atoms with Gasteiger partial charge in [0.25, 0.3) is 5.69 Å². The van der Waals surface area contributed by atoms with E-state index in [1.165, 1.54) is 0 Å². The van der Waals surface area contributed by atoms with Crippen molar-refractivity contribution in [2.45, 2.75) is 32.6 Å². The number of nitrogen functional groups attached to an aromatic ring is 1. The lowest BCUT2D eigenvalue weighted by Gasteiger charge is -2.08. The van der Waals surface area contributed by atoms with Crippen LogP contribution in [-0.2, 0) is 4.79 Å². The molecule has 2 unspecified atom stereocenters. The summed E-state index contributed by atoms with van der Waals surface area (Å²) in [5.41, 5.74) is 7.04. The fourth-order valence-electron chi connectivity index (χ4n) is 2.06. The molecule has 3 N–H and O–H groups in total. The van der Waals surface area contributed by atoms with Gasteiger partial charge in [0.2, 0.25) is 0 Å². The Morgan fingerprint density at radius 2 is 2.14 bits per heavy atom. The smallest absolute Gasteiger partial charge is 0.310 e. The largest absolute Gasteiger partial charge is 0.481 e. The van der Waals surface area contributed by atoms with Crippen molar-refractivity contribution in [3.63, 3.8) is 0 Å². The number of carboxylic acid groups (broad SMARTS) is 1. The molecular formula is C16H18N4O2. The summed E-state index contributed by atoms with van der Waals surface area (Å²) < 4.78 is 31.5. The number of carbonyl (C=O) groups is 1. The van der Waals surface area contributed by atoms with Crippen LogP contribution in [0.5, 0.6) is 0 Å². The zero-order valence-corrected chi connectivity index (χ0v) is 12.2. The van der Waals surface area contributed by atoms with Gasteiger partial charge >= 0.3 is 5.97 Å². The van der Waals surface area contributed by atoms with Gasteiger partial charge in [-0.3, -0.25) is 9.48 Å². The molecule has 1 aromatic heterocycles. The zero-order chi connectivity index (χ0) is 19.9. The molecule has 0 saturated heterocycles. The van der Waals surface area contributed by atoms with Crippen LogP contribution in [0.15, 0.2) is 24.3 Å². The van der Waals surface area contributed by atoms with Gasteiger partial charge in [-0.25, -0.2) is 4.85 Å². The van der Waals surface area contributed by atoms with Crippen molar-refractivity contribution < 1.29 is 15.4 Å². The highest BCUT2D eigenvalue weighted by Gasteiger charge is 2.19. The van der Waals surface area contributed by atoms with E-state index >= 15 is 0 Å². The maximum atomic E-state index is 11.1. The third-order valence-electron chi connectivity index (χ3n) is 3.38. The maximum absolute atomic E-state index is 11.1. The average Bonchev–Trinajstić information content (AvgIpc) is 2.90. The van der Waals surface area contributed by atoms with Crippen LogP contribution in [0.2, 0.25) is 0 Å². The van der Waals surface area contributed by atoms with E-state index in [1.807, 2.05) is 0 Å². The van der Waals surface area contributed by atoms with Crippen molar-refractivity contribution in [3.8, 4) is 11.3 Å². The van der Waals surface area contributed by atoms with Crippen molar-refractivity contribution in [1.29, 1.82) is 0 Å². The fourth-order valence-corrected chi connectivity index (χ4v) is 2.06. The molecule has 1 heterocycles. The molecule has 0 fully saturated rings. The Labute approximate surface area is 134 Å². The van der Waals surface area contributed by atoms with Gasteiger partial charge in [0.05, 0.1) is 13.9 Å². The van der Waals surface area contributed by atoms with E-state index < -0.39 is 24.8 Å². The maximum Gasteiger partial charge on any atom is 0.310 e. The number of anilines is 1. The molecule has 0 aliphatic heterocycles. The first-order valence-corrected chi connectivity index (χ1v) is 6.51. The number of benzene rings is 1. The lowest BCUT2D eigenvalue weighted by atomic mass is 9.99. The molecule has 6 nitrogen and oxygen atoms in total. The second-order valence-electron chi connectivity index (χ2n) is 4.87. The second-order valence-corrected chi connectivity index (χ2v) is 4.87. The molecule has 0 radical (unpaired) electrons. The minimum Gasteiger partial charge on any atom is -0.481 e. The van der Waals surface area contributed by atoms with Gasteiger partial charge in [-0.1, -0.05) is 24.3 Å². The molecule has 114 valence electrons. The van der Waals surface area contributed by atoms with Gasteiger partial charge in [0.1, 0.15) is 11.5 Å². The van der Waals surface area contributed by atoms with Crippen LogP contribution in [0.25, 0.3) is 16.1 Å². The van der Waals surface area contributed by atoms with Crippen LogP contribution < -0.4 is 5.73 Å². The van der Waals surface area contributed by atoms with Crippen LogP contribution in [0.4, 0.5) is 11.5 Å². The van der Waals surface area contributed by atoms with Gasteiger partial charge in [-0.05, 0) is 31.8 Å². The number of hydrogen-bond acceptors (Lipinski definition) is 3. The first-order chi connectivity index (χ1) is 11.9. The Balaban J connectivity index is 2.57. The first kappa shape index (κ1) is 10.9. The lowest BCUT2D eigenvalue weighted by Crippen LogP contribution is -2.07. The summed E-state index contributed by atoms with van der Waals surface area (Å²) in [4.78, 5) is 14.4. The predicted molar refractivity (Wildman–Crippen MR) is 84.8 cm³/mol. The van der Waals surface area contributed by atoms with Gasteiger partial charge in [0.15, 0.2) is 0 Å². The molecule has 0 spiro atoms. The highest BCUT2D eigenvalue weighted by molar-refractivity contribution is 5.83. The Morgan fingerprint density at radius 1 is 1.50 bits per heavy atom. The highest BCUT2D eigenvalue weighted by atomic mass is 16.4. The quantitative estimate of drug-likeness (QED) is 0.847. The molecule has 0 amide bonds. The molecule has 0 aliphatic rings. The van der Waals surface area contributed by atoms with E-state index in [4.69, 9.17) is 22.9 Å². The third kappa shape index (κ3) is 2.66. The van der Waals surface area contributed by atoms with Crippen LogP contribution >= 0.6 is 0 Å². The number of aliphatic carboxylic acids is 1. The Morgan fingerprint density at radius 3 is 2.64 bits per heavy atom. The molecule has 6 heteroatoms. The van der Waals surface area contributed by atoms with Crippen LogP contribution in [0, 0.1) is 6.57 Å². The summed E-state index contributed by atoms with van der Waals surface area (Å²) in [6.45, 7) is 7.33. The van der Waals surface area contributed by atoms with E-state index in [9.17, 15) is 4.79 Å². The van der Waals surface area contributed by atoms with Gasteiger partial charge < -0.3 is 10.8 Å². The standard InChI is InChI=1S/C16H18N4O2/c1-9(2)20-15(17)14(18-4)13(19-20)12-7-5-11(6-8-12)10(3)16(21)22/h5-10H,17H2,1-3H3,(H,21,22)/i1D3,9D. The van der Waals surface area contributed by atoms with E-state index in [2.05, 4.69) is 9.94 Å². The number of carboxylic acids is 1. The second kappa shape index (κ2) is 5.90. The zero-order valence-electron chi connectivity index (χ0n) is 16.2. The third-order valence-corrected chi connectivity index (χ3v) is 3.38. The molecule has 0 bridgehead atoms. The molecule has 2 atom stereocenters. The van der Waals surface area contributed by atoms with E-state index in [-0.39, 0.29) is 17.2 Å². The van der Waals surface area contributed by atoms with Crippen molar-refractivity contribution in [1.82, 2.24) is 9.78 Å². The average molecular weight is 302 g/mol. The summed E-state index contributed by atoms with van der Waals surface area (Å²) in [5.74, 6) is -1.86. The monoisotopic (exact) mass is 302 g/mol. The SMILES string of the molecule is [2H]C([2H])([2H])C([2H])(C)n1nc(-c2ccc(C(C)C(=O)O)cc2)c([N+]#[C-])c1N. The number of hydrogen-bond donors (Lipinski definition) is 2. The minimum atomic E-state index is -2.70. The van der Waals surface area contributed by atoms with E-state index in [1.54, 1.807) is 31.2 Å². The summed E-state index contributed by atoms with van der Waals surface area (Å²) in [5, 5.41) is 13.2. The Bertz CT molecular complexity index is 879. The van der Waals surface area contributed by atoms with Crippen molar-refractivity contribution >= 4 is 17.5 Å². The number of nitrogens with zero attached hydrogens (tertiary/aromatic N) is 3. The van der Waals surface area contributed by atoms with E-state index in [0.717, 1.165) is 11.6 Å². The summed E-state index contributed by atoms with van der Waals surface area (Å²) in [7, 11) is 0. The molecule has 0 aliphatic carbocycles. The number of rotatable bonds is 4. The molecule has 1 aromatic carbocycles. The Hall–Kier alpha value is -2.81. The van der Waals surface area contributed by atoms with Gasteiger partial charge in [-0.2, -0.15) is 5.10 Å². The first-order valence-electron chi connectivity index (χ1n) is 8.51. The summed E-state index contributed by atoms with van der Waals surface area (Å²) >= 11 is 0. The predicted octanol–water partition coefficient (Wildman–Crippen LogP) is 3.45. The van der Waals surface area contributed by atoms with Crippen LogP contribution in [-0.4, -0.2) is 20.9 Å². The lowest BCUT2D eigenvalue weighted by molar-refractivity contribution is -0.138. The topological polar surface area (TPSA) is 85.5 Å². The molecule has 0 saturated carbocycles. The normalized spacial score (nSPS) is 18.0. The molecule has 2 rings (SSSR count). The minimum absolute atomic E-state index is 0.0493. The fraction of sp³-hybridized carbons (Fsp3) is 0.312. The van der Waals surface area contributed by atoms with Gasteiger partial charge in [0, 0.05) is 10.1 Å². The molecular weight excluding hydrogens is 280 g/mol. The summed E-state index contributed by atoms with van der Waals surface area (Å²) in [6, 6.07) is 4.23. The molecule has 2 aromatic rings. The number of nitrogens with two attached hydrogens (primary N) is 1. The number of aromatic nitrogens is 2. The van der Waals surface area contributed by atoms with Crippen LogP contribution in [0.1, 0.15) is 43.7 Å². The van der Waals surface area contributed by atoms with Gasteiger partial charge in [-0.15, -0.1) is 0 Å². The summed E-state index contributed by atoms with van der Waals surface area (Å²) in [6.07, 6.45) is 0. The van der Waals surface area contributed by atoms with E-state index in [0.29, 0.717) is 11.1 Å². The van der Waals surface area contributed by atoms with Crippen molar-refractivity contribution in [2.75, 3.05) is 5.73 Å². The Kier molecular flexibility index (Phi) is 2.91.